The number of carbonyl (C=O) groups is 2. The van der Waals surface area contributed by atoms with Crippen LogP contribution >= 0.6 is 0 Å². The molecule has 1 saturated heterocycles. The van der Waals surface area contributed by atoms with Crippen LogP contribution in [0, 0.1) is 0 Å². The van der Waals surface area contributed by atoms with E-state index in [1.54, 1.807) is 0 Å². The summed E-state index contributed by atoms with van der Waals surface area (Å²) in [7, 11) is 0. The lowest BCUT2D eigenvalue weighted by Crippen LogP contribution is -2.35. The van der Waals surface area contributed by atoms with Gasteiger partial charge in [0.15, 0.2) is 0 Å². The molecule has 0 aromatic rings. The molecule has 1 fully saturated rings. The zero-order valence-electron chi connectivity index (χ0n) is 10.1. The number of nitrogens with zero attached hydrogens (tertiary/aromatic N) is 1. The lowest BCUT2D eigenvalue weighted by Gasteiger charge is -2.23. The van der Waals surface area contributed by atoms with Crippen molar-refractivity contribution in [2.24, 2.45) is 0 Å². The molecular formula is C12H17NO4. The van der Waals surface area contributed by atoms with E-state index in [0.29, 0.717) is 6.61 Å². The molecule has 2 aliphatic heterocycles. The Labute approximate surface area is 100 Å². The maximum Gasteiger partial charge on any atom is 0.302 e. The molecule has 0 saturated carbocycles. The van der Waals surface area contributed by atoms with Gasteiger partial charge in [0.25, 0.3) is 0 Å². The van der Waals surface area contributed by atoms with E-state index in [1.807, 2.05) is 0 Å². The molecule has 0 aromatic carbocycles. The van der Waals surface area contributed by atoms with E-state index >= 15 is 0 Å². The molecular weight excluding hydrogens is 222 g/mol. The van der Waals surface area contributed by atoms with Crippen molar-refractivity contribution in [3.8, 4) is 0 Å². The number of hydrogen-bond acceptors (Lipinski definition) is 5. The zero-order chi connectivity index (χ0) is 12.4. The fourth-order valence-electron chi connectivity index (χ4n) is 2.52. The lowest BCUT2D eigenvalue weighted by molar-refractivity contribution is -0.147. The molecule has 0 aliphatic carbocycles. The monoisotopic (exact) mass is 239 g/mol. The summed E-state index contributed by atoms with van der Waals surface area (Å²) < 4.78 is 10.3. The third-order valence-corrected chi connectivity index (χ3v) is 3.17. The fourth-order valence-corrected chi connectivity index (χ4v) is 2.52. The topological polar surface area (TPSA) is 55.8 Å². The van der Waals surface area contributed by atoms with Gasteiger partial charge in [-0.15, -0.1) is 0 Å². The fraction of sp³-hybridized carbons (Fsp3) is 0.667. The summed E-state index contributed by atoms with van der Waals surface area (Å²) in [5, 5.41) is 0. The molecule has 0 radical (unpaired) electrons. The second-order valence-corrected chi connectivity index (χ2v) is 4.44. The van der Waals surface area contributed by atoms with Crippen molar-refractivity contribution in [3.05, 3.63) is 11.6 Å². The Morgan fingerprint density at radius 2 is 2.18 bits per heavy atom. The van der Waals surface area contributed by atoms with Crippen LogP contribution in [0.2, 0.25) is 0 Å². The smallest absolute Gasteiger partial charge is 0.302 e. The maximum atomic E-state index is 11.0. The van der Waals surface area contributed by atoms with Gasteiger partial charge < -0.3 is 9.47 Å². The highest BCUT2D eigenvalue weighted by atomic mass is 16.5. The van der Waals surface area contributed by atoms with E-state index in [-0.39, 0.29) is 24.1 Å². The normalized spacial score (nSPS) is 27.5. The van der Waals surface area contributed by atoms with Crippen molar-refractivity contribution in [1.82, 2.24) is 4.90 Å². The van der Waals surface area contributed by atoms with Crippen LogP contribution in [0.15, 0.2) is 11.6 Å². The number of rotatable bonds is 3. The molecule has 0 unspecified atom stereocenters. The number of fused-ring (bicyclic) bond motifs is 1. The highest BCUT2D eigenvalue weighted by molar-refractivity contribution is 5.67. The average Bonchev–Trinajstić information content (AvgIpc) is 2.78. The van der Waals surface area contributed by atoms with Gasteiger partial charge in [0, 0.05) is 26.9 Å². The molecule has 2 rings (SSSR count). The van der Waals surface area contributed by atoms with E-state index in [2.05, 4.69) is 11.0 Å². The van der Waals surface area contributed by atoms with E-state index < -0.39 is 0 Å². The Kier molecular flexibility index (Phi) is 3.47. The van der Waals surface area contributed by atoms with Crippen LogP contribution in [0.25, 0.3) is 0 Å². The van der Waals surface area contributed by atoms with E-state index in [1.165, 1.54) is 13.8 Å². The summed E-state index contributed by atoms with van der Waals surface area (Å²) in [6.07, 6.45) is 2.81. The Morgan fingerprint density at radius 3 is 2.82 bits per heavy atom. The van der Waals surface area contributed by atoms with Gasteiger partial charge in [0.05, 0.1) is 6.04 Å². The first-order valence-electron chi connectivity index (χ1n) is 5.81. The number of carbonyl (C=O) groups excluding carboxylic acids is 2. The Bertz CT molecular complexity index is 364. The molecule has 2 atom stereocenters. The zero-order valence-corrected chi connectivity index (χ0v) is 10.1. The van der Waals surface area contributed by atoms with Gasteiger partial charge in [-0.05, 0) is 12.0 Å². The quantitative estimate of drug-likeness (QED) is 0.530. The third kappa shape index (κ3) is 2.66. The van der Waals surface area contributed by atoms with Crippen LogP contribution < -0.4 is 0 Å². The van der Waals surface area contributed by atoms with Crippen molar-refractivity contribution in [3.63, 3.8) is 0 Å². The van der Waals surface area contributed by atoms with Gasteiger partial charge in [-0.1, -0.05) is 6.08 Å². The summed E-state index contributed by atoms with van der Waals surface area (Å²) in [6, 6.07) is 0.0956. The second kappa shape index (κ2) is 4.87. The summed E-state index contributed by atoms with van der Waals surface area (Å²) in [4.78, 5) is 24.1. The van der Waals surface area contributed by atoms with Crippen LogP contribution in [0.5, 0.6) is 0 Å². The molecule has 0 spiro atoms. The van der Waals surface area contributed by atoms with Crippen molar-refractivity contribution >= 4 is 11.9 Å². The molecule has 0 bridgehead atoms. The number of esters is 2. The first-order valence-corrected chi connectivity index (χ1v) is 5.81. The van der Waals surface area contributed by atoms with E-state index in [0.717, 1.165) is 25.1 Å². The minimum absolute atomic E-state index is 0.0956. The lowest BCUT2D eigenvalue weighted by atomic mass is 10.1. The van der Waals surface area contributed by atoms with Gasteiger partial charge in [-0.25, -0.2) is 0 Å². The first kappa shape index (κ1) is 12.1. The molecule has 5 heteroatoms. The Morgan fingerprint density at radius 1 is 1.41 bits per heavy atom. The standard InChI is InChI=1S/C12H17NO4/c1-8(14)16-7-10-3-5-13-6-4-11(12(10)13)17-9(2)15/h3,11-12H,4-7H2,1-2H3/t11-,12-/m1/s1. The Hall–Kier alpha value is -1.36. The molecule has 0 aromatic heterocycles. The highest BCUT2D eigenvalue weighted by Crippen LogP contribution is 2.31. The Balaban J connectivity index is 1.99. The van der Waals surface area contributed by atoms with E-state index in [4.69, 9.17) is 9.47 Å². The van der Waals surface area contributed by atoms with Crippen LogP contribution in [0.3, 0.4) is 0 Å². The SMILES string of the molecule is CC(=O)OCC1=CCN2CC[C@@H](OC(C)=O)[C@@H]12. The van der Waals surface area contributed by atoms with E-state index in [9.17, 15) is 9.59 Å². The number of hydrogen-bond donors (Lipinski definition) is 0. The second-order valence-electron chi connectivity index (χ2n) is 4.44. The molecule has 17 heavy (non-hydrogen) atoms. The number of ether oxygens (including phenoxy) is 2. The summed E-state index contributed by atoms with van der Waals surface area (Å²) in [5.74, 6) is -0.540. The maximum absolute atomic E-state index is 11.0. The minimum atomic E-state index is -0.286. The summed E-state index contributed by atoms with van der Waals surface area (Å²) in [6.45, 7) is 4.88. The molecule has 2 aliphatic rings. The average molecular weight is 239 g/mol. The van der Waals surface area contributed by atoms with Gasteiger partial charge in [0.2, 0.25) is 0 Å². The predicted molar refractivity (Wildman–Crippen MR) is 60.2 cm³/mol. The minimum Gasteiger partial charge on any atom is -0.461 e. The highest BCUT2D eigenvalue weighted by Gasteiger charge is 2.41. The van der Waals surface area contributed by atoms with Crippen LogP contribution in [0.4, 0.5) is 0 Å². The van der Waals surface area contributed by atoms with Crippen molar-refractivity contribution < 1.29 is 19.1 Å². The van der Waals surface area contributed by atoms with Crippen LogP contribution in [-0.2, 0) is 19.1 Å². The molecule has 5 nitrogen and oxygen atoms in total. The molecule has 0 amide bonds. The van der Waals surface area contributed by atoms with Crippen molar-refractivity contribution in [1.29, 1.82) is 0 Å². The first-order chi connectivity index (χ1) is 8.08. The van der Waals surface area contributed by atoms with Crippen LogP contribution in [0.1, 0.15) is 20.3 Å². The van der Waals surface area contributed by atoms with Gasteiger partial charge in [-0.3, -0.25) is 14.5 Å². The van der Waals surface area contributed by atoms with Gasteiger partial charge in [0.1, 0.15) is 12.7 Å². The predicted octanol–water partition coefficient (Wildman–Crippen LogP) is 0.495. The molecule has 94 valence electrons. The largest absolute Gasteiger partial charge is 0.461 e. The summed E-state index contributed by atoms with van der Waals surface area (Å²) >= 11 is 0. The third-order valence-electron chi connectivity index (χ3n) is 3.17. The van der Waals surface area contributed by atoms with Crippen molar-refractivity contribution in [2.45, 2.75) is 32.4 Å². The van der Waals surface area contributed by atoms with Gasteiger partial charge >= 0.3 is 11.9 Å². The summed E-state index contributed by atoms with van der Waals surface area (Å²) in [5.41, 5.74) is 1.05. The van der Waals surface area contributed by atoms with Gasteiger partial charge in [-0.2, -0.15) is 0 Å². The van der Waals surface area contributed by atoms with Crippen LogP contribution in [-0.4, -0.2) is 48.7 Å². The molecule has 0 N–H and O–H groups in total. The van der Waals surface area contributed by atoms with Crippen molar-refractivity contribution in [2.75, 3.05) is 19.7 Å². The molecule has 2 heterocycles.